The van der Waals surface area contributed by atoms with E-state index in [1.807, 2.05) is 60.3 Å². The molecule has 5 rings (SSSR count). The highest BCUT2D eigenvalue weighted by atomic mass is 19.3. The third-order valence-corrected chi connectivity index (χ3v) is 5.95. The summed E-state index contributed by atoms with van der Waals surface area (Å²) in [4.78, 5) is 4.84. The molecule has 0 aliphatic rings. The van der Waals surface area contributed by atoms with Crippen LogP contribution in [0.4, 0.5) is 20.4 Å². The molecule has 0 radical (unpaired) electrons. The Bertz CT molecular complexity index is 1480. The molecule has 0 bridgehead atoms. The molecule has 0 saturated carbocycles. The zero-order valence-electron chi connectivity index (χ0n) is 19.7. The van der Waals surface area contributed by atoms with Gasteiger partial charge >= 0.3 is 0 Å². The molecule has 8 heteroatoms. The molecular weight excluding hydrogens is 448 g/mol. The van der Waals surface area contributed by atoms with Crippen LogP contribution in [0.15, 0.2) is 79.1 Å². The Morgan fingerprint density at radius 1 is 1.00 bits per heavy atom. The quantitative estimate of drug-likeness (QED) is 0.299. The molecule has 0 atom stereocenters. The lowest BCUT2D eigenvalue weighted by atomic mass is 10.0. The van der Waals surface area contributed by atoms with E-state index in [-0.39, 0.29) is 12.1 Å². The maximum Gasteiger partial charge on any atom is 0.270 e. The zero-order valence-corrected chi connectivity index (χ0v) is 19.7. The van der Waals surface area contributed by atoms with Gasteiger partial charge in [0.25, 0.3) is 5.92 Å². The van der Waals surface area contributed by atoms with Gasteiger partial charge in [0.15, 0.2) is 0 Å². The molecule has 0 aliphatic carbocycles. The van der Waals surface area contributed by atoms with Gasteiger partial charge in [-0.15, -0.1) is 0 Å². The fourth-order valence-electron chi connectivity index (χ4n) is 4.20. The van der Waals surface area contributed by atoms with Crippen molar-refractivity contribution in [2.75, 3.05) is 12.4 Å². The van der Waals surface area contributed by atoms with E-state index >= 15 is 0 Å². The second kappa shape index (κ2) is 8.87. The predicted molar refractivity (Wildman–Crippen MR) is 133 cm³/mol. The molecule has 2 heterocycles. The molecule has 0 saturated heterocycles. The van der Waals surface area contributed by atoms with E-state index in [0.29, 0.717) is 11.5 Å². The second-order valence-electron chi connectivity index (χ2n) is 8.53. The Kier molecular flexibility index (Phi) is 5.72. The van der Waals surface area contributed by atoms with Crippen LogP contribution in [-0.4, -0.2) is 26.4 Å². The molecule has 3 aromatic carbocycles. The number of hydrogen-bond donors (Lipinski definition) is 1. The number of methoxy groups -OCH3 is 1. The number of nitrogens with one attached hydrogen (secondary N) is 1. The number of nitrogens with zero attached hydrogens (tertiary/aromatic N) is 4. The van der Waals surface area contributed by atoms with E-state index in [1.165, 1.54) is 6.07 Å². The number of halogens is 2. The average Bonchev–Trinajstić information content (AvgIpc) is 3.42. The number of alkyl halides is 2. The number of imidazole rings is 1. The smallest absolute Gasteiger partial charge is 0.270 e. The second-order valence-corrected chi connectivity index (χ2v) is 8.53. The van der Waals surface area contributed by atoms with Crippen LogP contribution < -0.4 is 10.1 Å². The number of aromatic nitrogens is 4. The van der Waals surface area contributed by atoms with Gasteiger partial charge in [-0.3, -0.25) is 4.68 Å². The normalized spacial score (nSPS) is 11.7. The molecule has 0 aliphatic heterocycles. The molecule has 178 valence electrons. The Morgan fingerprint density at radius 3 is 2.46 bits per heavy atom. The Hall–Kier alpha value is -4.20. The average molecular weight is 474 g/mol. The van der Waals surface area contributed by atoms with Crippen LogP contribution in [0.25, 0.3) is 22.2 Å². The van der Waals surface area contributed by atoms with Gasteiger partial charge in [0.05, 0.1) is 30.9 Å². The minimum absolute atomic E-state index is 0.00391. The van der Waals surface area contributed by atoms with E-state index in [2.05, 4.69) is 10.4 Å². The first-order valence-corrected chi connectivity index (χ1v) is 11.2. The third kappa shape index (κ3) is 4.59. The maximum atomic E-state index is 14.4. The summed E-state index contributed by atoms with van der Waals surface area (Å²) in [7, 11) is 3.48. The summed E-state index contributed by atoms with van der Waals surface area (Å²) < 4.78 is 37.6. The fraction of sp³-hybridized carbons (Fsp3) is 0.185. The highest BCUT2D eigenvalue weighted by Crippen LogP contribution is 2.33. The summed E-state index contributed by atoms with van der Waals surface area (Å²) in [6.07, 6.45) is 3.74. The third-order valence-electron chi connectivity index (χ3n) is 5.95. The van der Waals surface area contributed by atoms with Crippen molar-refractivity contribution in [1.29, 1.82) is 0 Å². The van der Waals surface area contributed by atoms with Gasteiger partial charge in [-0.25, -0.2) is 13.8 Å². The van der Waals surface area contributed by atoms with Crippen LogP contribution in [0.1, 0.15) is 18.1 Å². The summed E-state index contributed by atoms with van der Waals surface area (Å²) in [6, 6.07) is 20.1. The largest absolute Gasteiger partial charge is 0.497 e. The van der Waals surface area contributed by atoms with E-state index in [4.69, 9.17) is 9.72 Å². The molecule has 35 heavy (non-hydrogen) atoms. The van der Waals surface area contributed by atoms with Crippen molar-refractivity contribution in [3.05, 3.63) is 90.3 Å². The van der Waals surface area contributed by atoms with Crippen LogP contribution in [0.5, 0.6) is 5.75 Å². The number of aryl methyl sites for hydroxylation is 1. The zero-order chi connectivity index (χ0) is 24.6. The van der Waals surface area contributed by atoms with Crippen molar-refractivity contribution < 1.29 is 13.5 Å². The topological polar surface area (TPSA) is 56.9 Å². The summed E-state index contributed by atoms with van der Waals surface area (Å²) in [5.74, 6) is -1.66. The Labute approximate surface area is 201 Å². The minimum atomic E-state index is -2.95. The van der Waals surface area contributed by atoms with E-state index < -0.39 is 5.92 Å². The van der Waals surface area contributed by atoms with Gasteiger partial charge < -0.3 is 14.6 Å². The van der Waals surface area contributed by atoms with Crippen LogP contribution >= 0.6 is 0 Å². The monoisotopic (exact) mass is 473 g/mol. The summed E-state index contributed by atoms with van der Waals surface area (Å²) in [6.45, 7) is 1.16. The van der Waals surface area contributed by atoms with Crippen molar-refractivity contribution >= 4 is 22.7 Å². The molecule has 1 N–H and O–H groups in total. The van der Waals surface area contributed by atoms with Crippen LogP contribution in [0.3, 0.4) is 0 Å². The summed E-state index contributed by atoms with van der Waals surface area (Å²) >= 11 is 0. The van der Waals surface area contributed by atoms with Crippen LogP contribution in [0.2, 0.25) is 0 Å². The van der Waals surface area contributed by atoms with E-state index in [9.17, 15) is 8.78 Å². The van der Waals surface area contributed by atoms with Gasteiger partial charge in [-0.05, 0) is 47.5 Å². The lowest BCUT2D eigenvalue weighted by Gasteiger charge is -2.18. The van der Waals surface area contributed by atoms with Crippen molar-refractivity contribution in [3.63, 3.8) is 0 Å². The van der Waals surface area contributed by atoms with Gasteiger partial charge in [0.2, 0.25) is 5.95 Å². The van der Waals surface area contributed by atoms with Crippen LogP contribution in [0, 0.1) is 0 Å². The predicted octanol–water partition coefficient (Wildman–Crippen LogP) is 6.35. The van der Waals surface area contributed by atoms with Crippen molar-refractivity contribution in [1.82, 2.24) is 19.3 Å². The Morgan fingerprint density at radius 2 is 1.77 bits per heavy atom. The van der Waals surface area contributed by atoms with Gasteiger partial charge in [-0.2, -0.15) is 5.10 Å². The highest BCUT2D eigenvalue weighted by molar-refractivity contribution is 5.85. The number of benzene rings is 3. The standard InChI is InChI=1S/C27H25F2N5O/c1-27(28,29)23-7-5-4-6-19(23)17-34-25-13-8-18(20-15-30-33(2)16-20)14-24(25)32-26(34)31-21-9-11-22(35-3)12-10-21/h4-16H,17H2,1-3H3,(H,31,32). The van der Waals surface area contributed by atoms with Gasteiger partial charge in [0.1, 0.15) is 5.75 Å². The van der Waals surface area contributed by atoms with E-state index in [0.717, 1.165) is 40.5 Å². The van der Waals surface area contributed by atoms with Crippen molar-refractivity contribution in [3.8, 4) is 16.9 Å². The van der Waals surface area contributed by atoms with E-state index in [1.54, 1.807) is 36.2 Å². The SMILES string of the molecule is COc1ccc(Nc2nc3cc(-c4cnn(C)c4)ccc3n2Cc2ccccc2C(C)(F)F)cc1. The molecule has 2 aromatic heterocycles. The van der Waals surface area contributed by atoms with Crippen LogP contribution in [-0.2, 0) is 19.5 Å². The molecule has 0 fully saturated rings. The maximum absolute atomic E-state index is 14.4. The number of ether oxygens (including phenoxy) is 1. The van der Waals surface area contributed by atoms with Gasteiger partial charge in [0, 0.05) is 37.0 Å². The number of anilines is 2. The lowest BCUT2D eigenvalue weighted by molar-refractivity contribution is 0.0165. The number of rotatable bonds is 7. The number of fused-ring (bicyclic) bond motifs is 1. The van der Waals surface area contributed by atoms with Crippen molar-refractivity contribution in [2.45, 2.75) is 19.4 Å². The molecule has 5 aromatic rings. The molecule has 0 spiro atoms. The molecule has 0 amide bonds. The molecular formula is C27H25F2N5O. The Balaban J connectivity index is 1.61. The number of hydrogen-bond acceptors (Lipinski definition) is 4. The molecule has 6 nitrogen and oxygen atoms in total. The first-order valence-electron chi connectivity index (χ1n) is 11.2. The minimum Gasteiger partial charge on any atom is -0.497 e. The molecule has 0 unspecified atom stereocenters. The fourth-order valence-corrected chi connectivity index (χ4v) is 4.20. The first-order chi connectivity index (χ1) is 16.8. The lowest BCUT2D eigenvalue weighted by Crippen LogP contribution is -2.13. The van der Waals surface area contributed by atoms with Gasteiger partial charge in [-0.1, -0.05) is 30.3 Å². The summed E-state index contributed by atoms with van der Waals surface area (Å²) in [5.41, 5.74) is 4.89. The first kappa shape index (κ1) is 22.6. The highest BCUT2D eigenvalue weighted by Gasteiger charge is 2.27. The van der Waals surface area contributed by atoms with Crippen molar-refractivity contribution in [2.24, 2.45) is 7.05 Å². The summed E-state index contributed by atoms with van der Waals surface area (Å²) in [5, 5.41) is 7.60.